The van der Waals surface area contributed by atoms with Crippen LogP contribution in [0.25, 0.3) is 0 Å². The molecule has 1 aromatic carbocycles. The minimum Gasteiger partial charge on any atom is -0.497 e. The fraction of sp³-hybridized carbons (Fsp3) is 0.500. The highest BCUT2D eigenvalue weighted by Crippen LogP contribution is 2.32. The van der Waals surface area contributed by atoms with Gasteiger partial charge in [-0.15, -0.1) is 0 Å². The lowest BCUT2D eigenvalue weighted by molar-refractivity contribution is -0.122. The van der Waals surface area contributed by atoms with Gasteiger partial charge in [0.15, 0.2) is 0 Å². The molecule has 1 heterocycles. The minimum absolute atomic E-state index is 0.0910. The number of carbonyl (C=O) groups is 1. The van der Waals surface area contributed by atoms with Crippen LogP contribution in [-0.4, -0.2) is 45.9 Å². The number of hydrogen-bond donors (Lipinski definition) is 1. The van der Waals surface area contributed by atoms with Gasteiger partial charge in [0.2, 0.25) is 15.9 Å². The number of sulfonamides is 1. The highest BCUT2D eigenvalue weighted by atomic mass is 32.2. The summed E-state index contributed by atoms with van der Waals surface area (Å²) in [6.07, 6.45) is 0.875. The second kappa shape index (κ2) is 6.53. The van der Waals surface area contributed by atoms with Crippen LogP contribution in [0.1, 0.15) is 12.8 Å². The van der Waals surface area contributed by atoms with Gasteiger partial charge in [0.05, 0.1) is 14.2 Å². The van der Waals surface area contributed by atoms with Gasteiger partial charge in [0.1, 0.15) is 16.4 Å². The van der Waals surface area contributed by atoms with Gasteiger partial charge in [-0.25, -0.2) is 8.42 Å². The van der Waals surface area contributed by atoms with Crippen LogP contribution in [0.15, 0.2) is 23.1 Å². The number of nitrogens with zero attached hydrogens (tertiary/aromatic N) is 1. The maximum absolute atomic E-state index is 12.7. The third-order valence-corrected chi connectivity index (χ3v) is 5.78. The molecule has 0 radical (unpaired) electrons. The summed E-state index contributed by atoms with van der Waals surface area (Å²) in [5.74, 6) is 0.114. The maximum Gasteiger partial charge on any atom is 0.246 e. The molecule has 0 unspecified atom stereocenters. The zero-order valence-corrected chi connectivity index (χ0v) is 13.4. The molecule has 0 spiro atoms. The molecule has 0 aromatic heterocycles. The van der Waals surface area contributed by atoms with E-state index >= 15 is 0 Å². The first-order valence-corrected chi connectivity index (χ1v) is 8.35. The molecule has 8 heteroatoms. The highest BCUT2D eigenvalue weighted by Gasteiger charge is 2.33. The Kier molecular flexibility index (Phi) is 4.92. The van der Waals surface area contributed by atoms with Crippen molar-refractivity contribution in [2.45, 2.75) is 17.7 Å². The number of piperidine rings is 1. The first kappa shape index (κ1) is 16.6. The van der Waals surface area contributed by atoms with Gasteiger partial charge in [-0.1, -0.05) is 0 Å². The number of amides is 1. The molecule has 0 saturated carbocycles. The molecule has 7 nitrogen and oxygen atoms in total. The van der Waals surface area contributed by atoms with Crippen molar-refractivity contribution in [1.82, 2.24) is 4.31 Å². The Bertz CT molecular complexity index is 651. The average Bonchev–Trinajstić information content (AvgIpc) is 2.54. The Morgan fingerprint density at radius 3 is 2.36 bits per heavy atom. The normalized spacial score (nSPS) is 17.2. The van der Waals surface area contributed by atoms with Crippen LogP contribution in [0.4, 0.5) is 0 Å². The maximum atomic E-state index is 12.7. The summed E-state index contributed by atoms with van der Waals surface area (Å²) >= 11 is 0. The zero-order chi connectivity index (χ0) is 16.3. The lowest BCUT2D eigenvalue weighted by Crippen LogP contribution is -2.41. The molecular formula is C14H20N2O5S. The number of ether oxygens (including phenoxy) is 2. The van der Waals surface area contributed by atoms with Gasteiger partial charge < -0.3 is 15.2 Å². The van der Waals surface area contributed by atoms with Crippen LogP contribution in [-0.2, 0) is 14.8 Å². The van der Waals surface area contributed by atoms with Crippen LogP contribution in [0, 0.1) is 5.92 Å². The monoisotopic (exact) mass is 328 g/mol. The van der Waals surface area contributed by atoms with Gasteiger partial charge in [-0.05, 0) is 25.0 Å². The van der Waals surface area contributed by atoms with Crippen LogP contribution < -0.4 is 15.2 Å². The second-order valence-electron chi connectivity index (χ2n) is 5.10. The predicted octanol–water partition coefficient (Wildman–Crippen LogP) is 0.590. The quantitative estimate of drug-likeness (QED) is 0.853. The molecule has 1 fully saturated rings. The van der Waals surface area contributed by atoms with E-state index in [1.165, 1.54) is 30.7 Å². The summed E-state index contributed by atoms with van der Waals surface area (Å²) in [7, 11) is -0.771. The van der Waals surface area contributed by atoms with Crippen LogP contribution in [0.5, 0.6) is 11.5 Å². The Morgan fingerprint density at radius 1 is 1.23 bits per heavy atom. The molecule has 0 aliphatic carbocycles. The van der Waals surface area contributed by atoms with E-state index in [9.17, 15) is 13.2 Å². The standard InChI is InChI=1S/C14H20N2O5S/c1-20-11-3-4-13(12(9-11)21-2)22(18,19)16-7-5-10(6-8-16)14(15)17/h3-4,9-10H,5-8H2,1-2H3,(H2,15,17). The molecule has 0 atom stereocenters. The average molecular weight is 328 g/mol. The fourth-order valence-corrected chi connectivity index (χ4v) is 4.11. The van der Waals surface area contributed by atoms with Crippen molar-refractivity contribution < 1.29 is 22.7 Å². The third kappa shape index (κ3) is 3.17. The van der Waals surface area contributed by atoms with Crippen molar-refractivity contribution >= 4 is 15.9 Å². The van der Waals surface area contributed by atoms with Gasteiger partial charge in [-0.2, -0.15) is 4.31 Å². The molecule has 2 rings (SSSR count). The first-order valence-electron chi connectivity index (χ1n) is 6.91. The van der Waals surface area contributed by atoms with Crippen molar-refractivity contribution in [2.24, 2.45) is 11.7 Å². The van der Waals surface area contributed by atoms with Gasteiger partial charge in [-0.3, -0.25) is 4.79 Å². The molecule has 1 aromatic rings. The van der Waals surface area contributed by atoms with E-state index < -0.39 is 10.0 Å². The van der Waals surface area contributed by atoms with Crippen molar-refractivity contribution in [3.63, 3.8) is 0 Å². The summed E-state index contributed by atoms with van der Waals surface area (Å²) in [5, 5.41) is 0. The Hall–Kier alpha value is -1.80. The summed E-state index contributed by atoms with van der Waals surface area (Å²) in [5.41, 5.74) is 5.27. The lowest BCUT2D eigenvalue weighted by atomic mass is 9.98. The molecule has 1 amide bonds. The number of primary amides is 1. The molecule has 1 aliphatic rings. The summed E-state index contributed by atoms with van der Waals surface area (Å²) < 4.78 is 37.1. The molecule has 1 aliphatic heterocycles. The van der Waals surface area contributed by atoms with E-state index in [2.05, 4.69) is 0 Å². The Labute approximate surface area is 130 Å². The molecule has 2 N–H and O–H groups in total. The number of benzene rings is 1. The van der Waals surface area contributed by atoms with Crippen molar-refractivity contribution in [1.29, 1.82) is 0 Å². The number of carbonyl (C=O) groups excluding carboxylic acids is 1. The molecule has 1 saturated heterocycles. The number of nitrogens with two attached hydrogens (primary N) is 1. The Balaban J connectivity index is 2.26. The van der Waals surface area contributed by atoms with Crippen LogP contribution >= 0.6 is 0 Å². The van der Waals surface area contributed by atoms with Crippen LogP contribution in [0.3, 0.4) is 0 Å². The van der Waals surface area contributed by atoms with E-state index in [-0.39, 0.29) is 35.6 Å². The molecule has 22 heavy (non-hydrogen) atoms. The zero-order valence-electron chi connectivity index (χ0n) is 12.6. The minimum atomic E-state index is -3.68. The van der Waals surface area contributed by atoms with Crippen molar-refractivity contribution in [3.05, 3.63) is 18.2 Å². The van der Waals surface area contributed by atoms with E-state index in [1.807, 2.05) is 0 Å². The van der Waals surface area contributed by atoms with Crippen molar-refractivity contribution in [2.75, 3.05) is 27.3 Å². The highest BCUT2D eigenvalue weighted by molar-refractivity contribution is 7.89. The number of hydrogen-bond acceptors (Lipinski definition) is 5. The van der Waals surface area contributed by atoms with Crippen LogP contribution in [0.2, 0.25) is 0 Å². The lowest BCUT2D eigenvalue weighted by Gasteiger charge is -2.30. The van der Waals surface area contributed by atoms with Crippen molar-refractivity contribution in [3.8, 4) is 11.5 Å². The molecule has 0 bridgehead atoms. The number of rotatable bonds is 5. The summed E-state index contributed by atoms with van der Waals surface area (Å²) in [6, 6.07) is 4.57. The predicted molar refractivity (Wildman–Crippen MR) is 80.2 cm³/mol. The third-order valence-electron chi connectivity index (χ3n) is 3.84. The largest absolute Gasteiger partial charge is 0.497 e. The summed E-state index contributed by atoms with van der Waals surface area (Å²) in [6.45, 7) is 0.538. The number of methoxy groups -OCH3 is 2. The smallest absolute Gasteiger partial charge is 0.246 e. The Morgan fingerprint density at radius 2 is 1.86 bits per heavy atom. The second-order valence-corrected chi connectivity index (χ2v) is 7.00. The molecule has 122 valence electrons. The summed E-state index contributed by atoms with van der Waals surface area (Å²) in [4.78, 5) is 11.3. The SMILES string of the molecule is COc1ccc(S(=O)(=O)N2CCC(C(N)=O)CC2)c(OC)c1. The molecular weight excluding hydrogens is 308 g/mol. The van der Waals surface area contributed by atoms with Gasteiger partial charge >= 0.3 is 0 Å². The van der Waals surface area contributed by atoms with E-state index in [0.29, 0.717) is 18.6 Å². The fourth-order valence-electron chi connectivity index (χ4n) is 2.51. The topological polar surface area (TPSA) is 98.9 Å². The van der Waals surface area contributed by atoms with E-state index in [4.69, 9.17) is 15.2 Å². The van der Waals surface area contributed by atoms with E-state index in [1.54, 1.807) is 6.07 Å². The van der Waals surface area contributed by atoms with Gasteiger partial charge in [0, 0.05) is 25.1 Å². The first-order chi connectivity index (χ1) is 10.4. The van der Waals surface area contributed by atoms with E-state index in [0.717, 1.165) is 0 Å². The van der Waals surface area contributed by atoms with Gasteiger partial charge in [0.25, 0.3) is 0 Å².